The van der Waals surface area contributed by atoms with E-state index in [-0.39, 0.29) is 34.3 Å². The molecule has 2 aromatic heterocycles. The van der Waals surface area contributed by atoms with Crippen molar-refractivity contribution >= 4 is 39.3 Å². The summed E-state index contributed by atoms with van der Waals surface area (Å²) in [4.78, 5) is 15.7. The van der Waals surface area contributed by atoms with Crippen LogP contribution in [0, 0.1) is 12.9 Å². The number of hydrogen-bond donors (Lipinski definition) is 2. The van der Waals surface area contributed by atoms with Crippen LogP contribution in [-0.4, -0.2) is 36.1 Å². The molecule has 0 bridgehead atoms. The molecule has 7 nitrogen and oxygen atoms in total. The summed E-state index contributed by atoms with van der Waals surface area (Å²) in [6, 6.07) is -0.231. The first-order valence-corrected chi connectivity index (χ1v) is 10.3. The minimum Gasteiger partial charge on any atom is -0.332 e. The van der Waals surface area contributed by atoms with E-state index in [0.29, 0.717) is 6.92 Å². The van der Waals surface area contributed by atoms with Gasteiger partial charge in [0.25, 0.3) is 5.91 Å². The number of hydrogen-bond acceptors (Lipinski definition) is 4. The molecular weight excluding hydrogens is 452 g/mol. The summed E-state index contributed by atoms with van der Waals surface area (Å²) < 4.78 is 80.3. The van der Waals surface area contributed by atoms with Crippen molar-refractivity contribution in [2.45, 2.75) is 37.5 Å². The minimum absolute atomic E-state index is 0.0216. The van der Waals surface area contributed by atoms with Crippen LogP contribution in [0.4, 0.5) is 23.2 Å². The molecule has 30 heavy (non-hydrogen) atoms. The molecule has 0 aromatic carbocycles. The lowest BCUT2D eigenvalue weighted by molar-refractivity contribution is -0.147. The molecular formula is C17H15ClF4N4O3S. The third-order valence-corrected chi connectivity index (χ3v) is 6.29. The van der Waals surface area contributed by atoms with Gasteiger partial charge in [0.15, 0.2) is 0 Å². The highest BCUT2D eigenvalue weighted by atomic mass is 35.5. The average Bonchev–Trinajstić information content (AvgIpc) is 3.11. The van der Waals surface area contributed by atoms with Gasteiger partial charge >= 0.3 is 6.18 Å². The van der Waals surface area contributed by atoms with Gasteiger partial charge in [-0.2, -0.15) is 22.3 Å². The first kappa shape index (κ1) is 22.2. The Morgan fingerprint density at radius 3 is 2.60 bits per heavy atom. The standard InChI is InChI=1S/C17H15ClF4N4O3S/c1-8-14(16(27)23-10-6-12(18)24-13(19)7-10)26-5-3-4-11(26)15(8)30(28,29)25-9(2)17(20,21)22/h3-4,6-7,9,25H,5H2,1-2H3,(H,23,24,27). The van der Waals surface area contributed by atoms with Gasteiger partial charge in [0, 0.05) is 23.9 Å². The third-order valence-electron chi connectivity index (χ3n) is 4.38. The lowest BCUT2D eigenvalue weighted by Crippen LogP contribution is -2.43. The zero-order valence-electron chi connectivity index (χ0n) is 15.5. The number of amides is 1. The van der Waals surface area contributed by atoms with E-state index in [4.69, 9.17) is 11.6 Å². The van der Waals surface area contributed by atoms with E-state index in [1.807, 2.05) is 0 Å². The van der Waals surface area contributed by atoms with Crippen LogP contribution in [0.1, 0.15) is 28.7 Å². The van der Waals surface area contributed by atoms with Crippen molar-refractivity contribution in [3.63, 3.8) is 0 Å². The summed E-state index contributed by atoms with van der Waals surface area (Å²) >= 11 is 5.66. The Labute approximate surface area is 173 Å². The quantitative estimate of drug-likeness (QED) is 0.521. The maximum absolute atomic E-state index is 13.4. The van der Waals surface area contributed by atoms with Gasteiger partial charge in [0.2, 0.25) is 16.0 Å². The number of fused-ring (bicyclic) bond motifs is 1. The number of carbonyl (C=O) groups excluding carboxylic acids is 1. The summed E-state index contributed by atoms with van der Waals surface area (Å²) in [5, 5.41) is 2.18. The largest absolute Gasteiger partial charge is 0.404 e. The van der Waals surface area contributed by atoms with Crippen molar-refractivity contribution in [1.82, 2.24) is 14.3 Å². The first-order valence-electron chi connectivity index (χ1n) is 8.44. The molecule has 1 amide bonds. The summed E-state index contributed by atoms with van der Waals surface area (Å²) in [6.45, 7) is 2.12. The van der Waals surface area contributed by atoms with E-state index >= 15 is 0 Å². The van der Waals surface area contributed by atoms with Crippen molar-refractivity contribution in [3.05, 3.63) is 46.3 Å². The molecule has 1 unspecified atom stereocenters. The van der Waals surface area contributed by atoms with Crippen molar-refractivity contribution in [1.29, 1.82) is 0 Å². The Kier molecular flexibility index (Phi) is 5.69. The molecule has 0 aliphatic carbocycles. The predicted octanol–water partition coefficient (Wildman–Crippen LogP) is 3.49. The van der Waals surface area contributed by atoms with Crippen LogP contribution in [0.5, 0.6) is 0 Å². The average molecular weight is 467 g/mol. The Morgan fingerprint density at radius 1 is 1.33 bits per heavy atom. The molecule has 162 valence electrons. The number of alkyl halides is 3. The van der Waals surface area contributed by atoms with Crippen LogP contribution in [0.2, 0.25) is 5.15 Å². The normalized spacial score (nSPS) is 14.6. The molecule has 0 spiro atoms. The molecule has 0 radical (unpaired) electrons. The molecule has 1 aliphatic heterocycles. The topological polar surface area (TPSA) is 93.1 Å². The molecule has 0 fully saturated rings. The highest BCUT2D eigenvalue weighted by molar-refractivity contribution is 7.89. The molecule has 1 atom stereocenters. The summed E-state index contributed by atoms with van der Waals surface area (Å²) in [7, 11) is -4.61. The second kappa shape index (κ2) is 7.67. The molecule has 3 heterocycles. The lowest BCUT2D eigenvalue weighted by atomic mass is 10.2. The van der Waals surface area contributed by atoms with E-state index in [1.54, 1.807) is 10.8 Å². The van der Waals surface area contributed by atoms with E-state index in [2.05, 4.69) is 10.3 Å². The smallest absolute Gasteiger partial charge is 0.332 e. The molecule has 3 rings (SSSR count). The molecule has 0 saturated carbocycles. The maximum Gasteiger partial charge on any atom is 0.404 e. The van der Waals surface area contributed by atoms with Gasteiger partial charge in [-0.05, 0) is 26.0 Å². The van der Waals surface area contributed by atoms with Crippen LogP contribution < -0.4 is 10.0 Å². The zero-order valence-corrected chi connectivity index (χ0v) is 17.1. The maximum atomic E-state index is 13.4. The number of rotatable bonds is 5. The van der Waals surface area contributed by atoms with E-state index in [9.17, 15) is 30.8 Å². The van der Waals surface area contributed by atoms with Gasteiger partial charge < -0.3 is 9.88 Å². The summed E-state index contributed by atoms with van der Waals surface area (Å²) in [6.07, 6.45) is -1.83. The summed E-state index contributed by atoms with van der Waals surface area (Å²) in [5.41, 5.74) is -0.0946. The van der Waals surface area contributed by atoms with Crippen molar-refractivity contribution in [2.75, 3.05) is 5.32 Å². The number of halogens is 5. The van der Waals surface area contributed by atoms with Gasteiger partial charge in [0.1, 0.15) is 21.8 Å². The number of anilines is 1. The third kappa shape index (κ3) is 4.20. The van der Waals surface area contributed by atoms with Gasteiger partial charge in [-0.25, -0.2) is 13.4 Å². The zero-order chi connectivity index (χ0) is 22.4. The Morgan fingerprint density at radius 2 is 2.00 bits per heavy atom. The fourth-order valence-corrected chi connectivity index (χ4v) is 4.96. The van der Waals surface area contributed by atoms with Crippen LogP contribution >= 0.6 is 11.6 Å². The van der Waals surface area contributed by atoms with Crippen LogP contribution in [-0.2, 0) is 16.6 Å². The first-order chi connectivity index (χ1) is 13.8. The van der Waals surface area contributed by atoms with Crippen LogP contribution in [0.3, 0.4) is 0 Å². The number of nitrogens with one attached hydrogen (secondary N) is 2. The fraction of sp³-hybridized carbons (Fsp3) is 0.294. The van der Waals surface area contributed by atoms with Gasteiger partial charge in [-0.1, -0.05) is 17.7 Å². The highest BCUT2D eigenvalue weighted by Crippen LogP contribution is 2.33. The summed E-state index contributed by atoms with van der Waals surface area (Å²) in [5.74, 6) is -1.73. The molecule has 2 aromatic rings. The SMILES string of the molecule is Cc1c(S(=O)(=O)NC(C)C(F)(F)F)c2n(c1C(=O)Nc1cc(F)nc(Cl)c1)CC=C2. The monoisotopic (exact) mass is 466 g/mol. The van der Waals surface area contributed by atoms with Crippen molar-refractivity contribution in [2.24, 2.45) is 0 Å². The number of sulfonamides is 1. The highest BCUT2D eigenvalue weighted by Gasteiger charge is 2.41. The Balaban J connectivity index is 2.02. The van der Waals surface area contributed by atoms with Crippen molar-refractivity contribution < 1.29 is 30.8 Å². The number of allylic oxidation sites excluding steroid dienone is 1. The molecule has 13 heteroatoms. The van der Waals surface area contributed by atoms with Gasteiger partial charge in [0.05, 0.1) is 5.69 Å². The lowest BCUT2D eigenvalue weighted by Gasteiger charge is -2.17. The van der Waals surface area contributed by atoms with Crippen LogP contribution in [0.25, 0.3) is 6.08 Å². The van der Waals surface area contributed by atoms with Gasteiger partial charge in [-0.15, -0.1) is 0 Å². The van der Waals surface area contributed by atoms with E-state index in [1.165, 1.54) is 23.6 Å². The number of carbonyl (C=O) groups is 1. The predicted molar refractivity (Wildman–Crippen MR) is 101 cm³/mol. The van der Waals surface area contributed by atoms with Crippen molar-refractivity contribution in [3.8, 4) is 0 Å². The van der Waals surface area contributed by atoms with Crippen LogP contribution in [0.15, 0.2) is 23.1 Å². The molecule has 2 N–H and O–H groups in total. The van der Waals surface area contributed by atoms with Gasteiger partial charge in [-0.3, -0.25) is 4.79 Å². The molecule has 1 aliphatic rings. The Hall–Kier alpha value is -2.44. The number of pyridine rings is 1. The number of aromatic nitrogens is 2. The number of nitrogens with zero attached hydrogens (tertiary/aromatic N) is 2. The minimum atomic E-state index is -4.79. The van der Waals surface area contributed by atoms with E-state index in [0.717, 1.165) is 6.07 Å². The second-order valence-electron chi connectivity index (χ2n) is 6.54. The molecule has 0 saturated heterocycles. The fourth-order valence-electron chi connectivity index (χ4n) is 3.09. The van der Waals surface area contributed by atoms with E-state index < -0.39 is 39.0 Å². The second-order valence-corrected chi connectivity index (χ2v) is 8.58. The Bertz CT molecular complexity index is 1140.